The van der Waals surface area contributed by atoms with Gasteiger partial charge in [-0.1, -0.05) is 6.92 Å². The topological polar surface area (TPSA) is 37.3 Å². The fourth-order valence-corrected chi connectivity index (χ4v) is 1.38. The number of hydrogen-bond acceptors (Lipinski definition) is 1. The fourth-order valence-electron chi connectivity index (χ4n) is 1.25. The van der Waals surface area contributed by atoms with E-state index in [1.54, 1.807) is 26.2 Å². The van der Waals surface area contributed by atoms with Gasteiger partial charge in [0.15, 0.2) is 0 Å². The van der Waals surface area contributed by atoms with Crippen LogP contribution >= 0.6 is 11.6 Å². The van der Waals surface area contributed by atoms with Gasteiger partial charge in [-0.15, -0.1) is 11.6 Å². The Balaban J connectivity index is 0.000000123. The molecule has 0 aromatic heterocycles. The molecule has 2 saturated carbocycles. The van der Waals surface area contributed by atoms with Crippen LogP contribution in [0.1, 0.15) is 26.2 Å². The Labute approximate surface area is 77.9 Å². The van der Waals surface area contributed by atoms with Crippen molar-refractivity contribution < 1.29 is 9.90 Å². The Morgan fingerprint density at radius 2 is 2.08 bits per heavy atom. The first kappa shape index (κ1) is 9.85. The van der Waals surface area contributed by atoms with Crippen LogP contribution in [0.25, 0.3) is 0 Å². The van der Waals surface area contributed by atoms with E-state index in [4.69, 9.17) is 16.7 Å². The van der Waals surface area contributed by atoms with E-state index in [-0.39, 0.29) is 5.88 Å². The summed E-state index contributed by atoms with van der Waals surface area (Å²) in [5, 5.41) is 8.10. The molecule has 0 aromatic rings. The van der Waals surface area contributed by atoms with Crippen LogP contribution in [0.2, 0.25) is 0 Å². The van der Waals surface area contributed by atoms with E-state index in [0.29, 0.717) is 0 Å². The summed E-state index contributed by atoms with van der Waals surface area (Å²) in [5.74, 6) is 1.40. The predicted molar refractivity (Wildman–Crippen MR) is 48.4 cm³/mol. The lowest BCUT2D eigenvalue weighted by Crippen LogP contribution is -2.09. The first-order valence-electron chi connectivity index (χ1n) is 4.44. The van der Waals surface area contributed by atoms with Crippen molar-refractivity contribution >= 4 is 17.6 Å². The van der Waals surface area contributed by atoms with Crippen molar-refractivity contribution in [2.45, 2.75) is 26.2 Å². The van der Waals surface area contributed by atoms with Crippen LogP contribution in [0.5, 0.6) is 0 Å². The zero-order chi connectivity index (χ0) is 9.14. The molecule has 3 unspecified atom stereocenters. The molecule has 12 heavy (non-hydrogen) atoms. The number of halogens is 1. The standard InChI is InChI=1S/C5H8.C4H7ClO2/c1-2-5-3-4(1)5;1-3(2-5)4(6)7/h4-5H,1-3H2;3H,2H2,1H3,(H,6,7). The van der Waals surface area contributed by atoms with Crippen molar-refractivity contribution in [3.8, 4) is 0 Å². The summed E-state index contributed by atoms with van der Waals surface area (Å²) in [4.78, 5) is 9.85. The third-order valence-electron chi connectivity index (χ3n) is 2.63. The number of carboxylic acid groups (broad SMARTS) is 1. The summed E-state index contributed by atoms with van der Waals surface area (Å²) in [7, 11) is 0. The second-order valence-electron chi connectivity index (χ2n) is 3.73. The normalized spacial score (nSPS) is 31.8. The maximum Gasteiger partial charge on any atom is 0.307 e. The van der Waals surface area contributed by atoms with E-state index >= 15 is 0 Å². The fraction of sp³-hybridized carbons (Fsp3) is 0.889. The van der Waals surface area contributed by atoms with Crippen molar-refractivity contribution in [2.24, 2.45) is 17.8 Å². The van der Waals surface area contributed by atoms with E-state index in [9.17, 15) is 4.79 Å². The smallest absolute Gasteiger partial charge is 0.307 e. The quantitative estimate of drug-likeness (QED) is 0.679. The van der Waals surface area contributed by atoms with Crippen molar-refractivity contribution in [2.75, 3.05) is 5.88 Å². The second-order valence-corrected chi connectivity index (χ2v) is 4.04. The van der Waals surface area contributed by atoms with E-state index in [0.717, 1.165) is 0 Å². The largest absolute Gasteiger partial charge is 0.481 e. The number of fused-ring (bicyclic) bond motifs is 1. The van der Waals surface area contributed by atoms with E-state index in [1.807, 2.05) is 0 Å². The summed E-state index contributed by atoms with van der Waals surface area (Å²) in [6.07, 6.45) is 4.70. The highest BCUT2D eigenvalue weighted by Gasteiger charge is 2.44. The highest BCUT2D eigenvalue weighted by atomic mass is 35.5. The molecule has 0 aromatic carbocycles. The summed E-state index contributed by atoms with van der Waals surface area (Å²) in [5.41, 5.74) is 0. The van der Waals surface area contributed by atoms with Gasteiger partial charge < -0.3 is 5.11 Å². The molecule has 3 atom stereocenters. The molecule has 70 valence electrons. The molecule has 0 spiro atoms. The van der Waals surface area contributed by atoms with Crippen LogP contribution in [0, 0.1) is 17.8 Å². The van der Waals surface area contributed by atoms with Gasteiger partial charge >= 0.3 is 5.97 Å². The average Bonchev–Trinajstić information content (AvgIpc) is 2.58. The number of carboxylic acids is 1. The predicted octanol–water partition coefficient (Wildman–Crippen LogP) is 2.36. The van der Waals surface area contributed by atoms with Crippen molar-refractivity contribution in [3.05, 3.63) is 0 Å². The lowest BCUT2D eigenvalue weighted by molar-refractivity contribution is -0.140. The molecular formula is C9H15ClO2. The summed E-state index contributed by atoms with van der Waals surface area (Å²) >= 11 is 5.17. The zero-order valence-corrected chi connectivity index (χ0v) is 8.05. The van der Waals surface area contributed by atoms with Gasteiger partial charge in [-0.3, -0.25) is 4.79 Å². The zero-order valence-electron chi connectivity index (χ0n) is 7.29. The Kier molecular flexibility index (Phi) is 3.39. The summed E-state index contributed by atoms with van der Waals surface area (Å²) in [6, 6.07) is 0. The van der Waals surface area contributed by atoms with E-state index in [2.05, 4.69) is 0 Å². The highest BCUT2D eigenvalue weighted by Crippen LogP contribution is 2.55. The SMILES string of the molecule is C1CC2CC12.CC(CCl)C(=O)O. The van der Waals surface area contributed by atoms with Gasteiger partial charge in [0.2, 0.25) is 0 Å². The number of rotatable bonds is 2. The minimum absolute atomic E-state index is 0.190. The average molecular weight is 191 g/mol. The number of aliphatic carboxylic acids is 1. The van der Waals surface area contributed by atoms with Crippen molar-refractivity contribution in [3.63, 3.8) is 0 Å². The Morgan fingerprint density at radius 1 is 1.58 bits per heavy atom. The molecule has 0 heterocycles. The van der Waals surface area contributed by atoms with Gasteiger partial charge in [-0.25, -0.2) is 0 Å². The second kappa shape index (κ2) is 4.13. The number of alkyl halides is 1. The van der Waals surface area contributed by atoms with Crippen LogP contribution in [0.3, 0.4) is 0 Å². The Bertz CT molecular complexity index is 158. The molecule has 1 N–H and O–H groups in total. The molecule has 3 heteroatoms. The minimum Gasteiger partial charge on any atom is -0.481 e. The van der Waals surface area contributed by atoms with Gasteiger partial charge in [-0.05, 0) is 31.1 Å². The van der Waals surface area contributed by atoms with Crippen LogP contribution in [0.15, 0.2) is 0 Å². The van der Waals surface area contributed by atoms with Gasteiger partial charge in [0.05, 0.1) is 5.92 Å². The van der Waals surface area contributed by atoms with Crippen LogP contribution in [0.4, 0.5) is 0 Å². The van der Waals surface area contributed by atoms with Gasteiger partial charge in [0, 0.05) is 5.88 Å². The molecule has 2 rings (SSSR count). The molecular weight excluding hydrogens is 176 g/mol. The first-order valence-corrected chi connectivity index (χ1v) is 4.97. The van der Waals surface area contributed by atoms with E-state index < -0.39 is 11.9 Å². The molecule has 0 saturated heterocycles. The van der Waals surface area contributed by atoms with Crippen molar-refractivity contribution in [1.29, 1.82) is 0 Å². The molecule has 2 fully saturated rings. The van der Waals surface area contributed by atoms with Gasteiger partial charge in [0.1, 0.15) is 0 Å². The Morgan fingerprint density at radius 3 is 2.08 bits per heavy atom. The summed E-state index contributed by atoms with van der Waals surface area (Å²) < 4.78 is 0. The third kappa shape index (κ3) is 2.67. The monoisotopic (exact) mass is 190 g/mol. The van der Waals surface area contributed by atoms with E-state index in [1.165, 1.54) is 11.8 Å². The number of carbonyl (C=O) groups is 1. The molecule has 0 radical (unpaired) electrons. The van der Waals surface area contributed by atoms with Crippen LogP contribution < -0.4 is 0 Å². The molecule has 2 aliphatic carbocycles. The molecule has 2 nitrogen and oxygen atoms in total. The first-order chi connectivity index (χ1) is 5.65. The molecule has 0 amide bonds. The Hall–Kier alpha value is -0.240. The maximum atomic E-state index is 9.85. The third-order valence-corrected chi connectivity index (χ3v) is 3.09. The maximum absolute atomic E-state index is 9.85. The lowest BCUT2D eigenvalue weighted by Gasteiger charge is -2.04. The lowest BCUT2D eigenvalue weighted by atomic mass is 10.0. The molecule has 0 bridgehead atoms. The van der Waals surface area contributed by atoms with Crippen molar-refractivity contribution in [1.82, 2.24) is 0 Å². The molecule has 2 aliphatic rings. The number of hydrogen-bond donors (Lipinski definition) is 1. The minimum atomic E-state index is -0.838. The van der Waals surface area contributed by atoms with Crippen LogP contribution in [-0.2, 0) is 4.79 Å². The summed E-state index contributed by atoms with van der Waals surface area (Å²) in [6.45, 7) is 1.56. The van der Waals surface area contributed by atoms with Crippen LogP contribution in [-0.4, -0.2) is 17.0 Å². The van der Waals surface area contributed by atoms with Gasteiger partial charge in [0.25, 0.3) is 0 Å². The highest BCUT2D eigenvalue weighted by molar-refractivity contribution is 6.19. The molecule has 0 aliphatic heterocycles. The van der Waals surface area contributed by atoms with Gasteiger partial charge in [-0.2, -0.15) is 0 Å².